The maximum Gasteiger partial charge on any atom is 0.320 e. The first kappa shape index (κ1) is 23.9. The van der Waals surface area contributed by atoms with Crippen LogP contribution in [0.3, 0.4) is 0 Å². The monoisotopic (exact) mass is 444 g/mol. The molecule has 3 rings (SSSR count). The summed E-state index contributed by atoms with van der Waals surface area (Å²) in [4.78, 5) is 14.1. The lowest BCUT2D eigenvalue weighted by molar-refractivity contribution is -0.144. The quantitative estimate of drug-likeness (QED) is 0.233. The van der Waals surface area contributed by atoms with Gasteiger partial charge < -0.3 is 10.3 Å². The zero-order valence-electron chi connectivity index (χ0n) is 18.1. The van der Waals surface area contributed by atoms with Gasteiger partial charge in [-0.15, -0.1) is 0 Å². The molecule has 0 radical (unpaired) electrons. The highest BCUT2D eigenvalue weighted by Gasteiger charge is 2.30. The van der Waals surface area contributed by atoms with Gasteiger partial charge in [0.1, 0.15) is 23.4 Å². The van der Waals surface area contributed by atoms with Gasteiger partial charge in [-0.1, -0.05) is 74.0 Å². The standard InChI is InChI=1S/C25H30F2N2O3/c26-21-13-20(14-22(27)15-21)23(28-32)17-29(16-19-10-6-3-7-11-19)24(25(30)31)12-18-8-4-1-2-5-9-18/h3,6-7,10-11,13-15,18,24,32H,1-2,4-5,8-9,12,16-17H2,(H,30,31)/t24-/m1/s1. The van der Waals surface area contributed by atoms with Crippen LogP contribution in [0.25, 0.3) is 0 Å². The minimum Gasteiger partial charge on any atom is -0.480 e. The van der Waals surface area contributed by atoms with Crippen LogP contribution in [0, 0.1) is 17.6 Å². The number of carbonyl (C=O) groups is 1. The molecule has 2 N–H and O–H groups in total. The van der Waals surface area contributed by atoms with Crippen molar-refractivity contribution in [2.75, 3.05) is 6.54 Å². The number of aliphatic carboxylic acids is 1. The SMILES string of the molecule is O=C(O)[C@@H](CC1CCCCCC1)N(CC(=NO)c1cc(F)cc(F)c1)Cc1ccccc1. The van der Waals surface area contributed by atoms with Crippen LogP contribution >= 0.6 is 0 Å². The van der Waals surface area contributed by atoms with E-state index in [0.29, 0.717) is 18.9 Å². The smallest absolute Gasteiger partial charge is 0.320 e. The Labute approximate surface area is 187 Å². The molecule has 1 aliphatic carbocycles. The van der Waals surface area contributed by atoms with E-state index < -0.39 is 23.6 Å². The van der Waals surface area contributed by atoms with Crippen molar-refractivity contribution in [1.82, 2.24) is 4.90 Å². The fourth-order valence-electron chi connectivity index (χ4n) is 4.51. The summed E-state index contributed by atoms with van der Waals surface area (Å²) in [5.74, 6) is -2.22. The fraction of sp³-hybridized carbons (Fsp3) is 0.440. The van der Waals surface area contributed by atoms with Gasteiger partial charge in [-0.05, 0) is 30.0 Å². The van der Waals surface area contributed by atoms with Crippen LogP contribution in [0.15, 0.2) is 53.7 Å². The number of rotatable bonds is 9. The molecule has 0 heterocycles. The van der Waals surface area contributed by atoms with Gasteiger partial charge in [0.15, 0.2) is 0 Å². The molecule has 1 aliphatic rings. The first-order valence-electron chi connectivity index (χ1n) is 11.1. The number of nitrogens with zero attached hydrogens (tertiary/aromatic N) is 2. The predicted molar refractivity (Wildman–Crippen MR) is 119 cm³/mol. The second-order valence-electron chi connectivity index (χ2n) is 8.54. The van der Waals surface area contributed by atoms with Crippen molar-refractivity contribution in [2.45, 2.75) is 57.5 Å². The molecular formula is C25H30F2N2O3. The molecule has 172 valence electrons. The van der Waals surface area contributed by atoms with Crippen molar-refractivity contribution >= 4 is 11.7 Å². The van der Waals surface area contributed by atoms with E-state index in [1.165, 1.54) is 12.8 Å². The van der Waals surface area contributed by atoms with Crippen LogP contribution in [0.5, 0.6) is 0 Å². The first-order chi connectivity index (χ1) is 15.5. The normalized spacial score (nSPS) is 16.7. The predicted octanol–water partition coefficient (Wildman–Crippen LogP) is 5.46. The van der Waals surface area contributed by atoms with Gasteiger partial charge in [-0.3, -0.25) is 9.69 Å². The van der Waals surface area contributed by atoms with Gasteiger partial charge in [-0.25, -0.2) is 8.78 Å². The van der Waals surface area contributed by atoms with Gasteiger partial charge in [-0.2, -0.15) is 0 Å². The number of hydrogen-bond acceptors (Lipinski definition) is 4. The highest BCUT2D eigenvalue weighted by Crippen LogP contribution is 2.28. The van der Waals surface area contributed by atoms with Crippen molar-refractivity contribution in [3.8, 4) is 0 Å². The molecule has 0 aromatic heterocycles. The van der Waals surface area contributed by atoms with E-state index in [4.69, 9.17) is 0 Å². The minimum absolute atomic E-state index is 0.0199. The lowest BCUT2D eigenvalue weighted by atomic mass is 9.91. The third kappa shape index (κ3) is 6.85. The number of benzene rings is 2. The van der Waals surface area contributed by atoms with Gasteiger partial charge in [0, 0.05) is 24.7 Å². The molecule has 2 aromatic carbocycles. The Balaban J connectivity index is 1.88. The highest BCUT2D eigenvalue weighted by molar-refractivity contribution is 6.02. The lowest BCUT2D eigenvalue weighted by Crippen LogP contribution is -2.44. The number of carboxylic acid groups (broad SMARTS) is 1. The van der Waals surface area contributed by atoms with Crippen molar-refractivity contribution < 1.29 is 23.9 Å². The molecule has 0 spiro atoms. The molecule has 0 bridgehead atoms. The molecule has 1 atom stereocenters. The minimum atomic E-state index is -0.951. The molecule has 5 nitrogen and oxygen atoms in total. The Morgan fingerprint density at radius 1 is 1.03 bits per heavy atom. The molecule has 0 saturated heterocycles. The average Bonchev–Trinajstić information content (AvgIpc) is 3.03. The molecule has 0 aliphatic heterocycles. The lowest BCUT2D eigenvalue weighted by Gasteiger charge is -2.31. The van der Waals surface area contributed by atoms with Crippen LogP contribution in [-0.4, -0.2) is 39.5 Å². The van der Waals surface area contributed by atoms with E-state index in [9.17, 15) is 23.9 Å². The van der Waals surface area contributed by atoms with Gasteiger partial charge in [0.2, 0.25) is 0 Å². The van der Waals surface area contributed by atoms with Crippen LogP contribution in [0.4, 0.5) is 8.78 Å². The Kier molecular flexibility index (Phi) is 8.73. The second kappa shape index (κ2) is 11.7. The summed E-state index contributed by atoms with van der Waals surface area (Å²) in [6.45, 7) is 0.249. The summed E-state index contributed by atoms with van der Waals surface area (Å²) in [6, 6.07) is 11.5. The fourth-order valence-corrected chi connectivity index (χ4v) is 4.51. The van der Waals surface area contributed by atoms with Crippen LogP contribution < -0.4 is 0 Å². The molecule has 7 heteroatoms. The number of oxime groups is 1. The third-order valence-corrected chi connectivity index (χ3v) is 6.16. The Morgan fingerprint density at radius 3 is 2.22 bits per heavy atom. The van der Waals surface area contributed by atoms with Crippen LogP contribution in [-0.2, 0) is 11.3 Å². The molecule has 0 amide bonds. The molecule has 32 heavy (non-hydrogen) atoms. The summed E-state index contributed by atoms with van der Waals surface area (Å²) in [7, 11) is 0. The maximum atomic E-state index is 13.8. The van der Waals surface area contributed by atoms with Crippen molar-refractivity contribution in [2.24, 2.45) is 11.1 Å². The highest BCUT2D eigenvalue weighted by atomic mass is 19.1. The van der Waals surface area contributed by atoms with Crippen molar-refractivity contribution in [3.63, 3.8) is 0 Å². The topological polar surface area (TPSA) is 73.1 Å². The zero-order valence-corrected chi connectivity index (χ0v) is 18.1. The summed E-state index contributed by atoms with van der Waals surface area (Å²) in [5.41, 5.74) is 1.01. The first-order valence-corrected chi connectivity index (χ1v) is 11.1. The van der Waals surface area contributed by atoms with E-state index in [2.05, 4.69) is 5.16 Å². The van der Waals surface area contributed by atoms with Crippen LogP contribution in [0.2, 0.25) is 0 Å². The average molecular weight is 445 g/mol. The van der Waals surface area contributed by atoms with E-state index in [0.717, 1.165) is 49.4 Å². The zero-order chi connectivity index (χ0) is 22.9. The molecule has 2 aromatic rings. The largest absolute Gasteiger partial charge is 0.480 e. The van der Waals surface area contributed by atoms with Gasteiger partial charge in [0.25, 0.3) is 0 Å². The van der Waals surface area contributed by atoms with Crippen molar-refractivity contribution in [1.29, 1.82) is 0 Å². The van der Waals surface area contributed by atoms with E-state index >= 15 is 0 Å². The summed E-state index contributed by atoms with van der Waals surface area (Å²) in [6.07, 6.45) is 7.03. The maximum absolute atomic E-state index is 13.8. The Hall–Kier alpha value is -2.80. The molecule has 0 unspecified atom stereocenters. The molecule has 1 fully saturated rings. The number of carboxylic acids is 1. The molecule has 1 saturated carbocycles. The van der Waals surface area contributed by atoms with E-state index in [-0.39, 0.29) is 17.8 Å². The summed E-state index contributed by atoms with van der Waals surface area (Å²) < 4.78 is 27.5. The number of halogens is 2. The van der Waals surface area contributed by atoms with Crippen molar-refractivity contribution in [3.05, 3.63) is 71.3 Å². The summed E-state index contributed by atoms with van der Waals surface area (Å²) in [5, 5.41) is 23.0. The summed E-state index contributed by atoms with van der Waals surface area (Å²) >= 11 is 0. The second-order valence-corrected chi connectivity index (χ2v) is 8.54. The van der Waals surface area contributed by atoms with Gasteiger partial charge >= 0.3 is 5.97 Å². The molecular weight excluding hydrogens is 414 g/mol. The van der Waals surface area contributed by atoms with E-state index in [1.807, 2.05) is 30.3 Å². The van der Waals surface area contributed by atoms with Gasteiger partial charge in [0.05, 0.1) is 0 Å². The number of hydrogen-bond donors (Lipinski definition) is 2. The van der Waals surface area contributed by atoms with E-state index in [1.54, 1.807) is 4.90 Å². The Bertz CT molecular complexity index is 892. The third-order valence-electron chi connectivity index (χ3n) is 6.16. The van der Waals surface area contributed by atoms with Crippen LogP contribution in [0.1, 0.15) is 56.1 Å². The Morgan fingerprint density at radius 2 is 1.66 bits per heavy atom.